The topological polar surface area (TPSA) is 35.2 Å². The number of hydrogen-bond donors (Lipinski definition) is 1. The van der Waals surface area contributed by atoms with E-state index in [2.05, 4.69) is 27.4 Å². The largest absolute Gasteiger partial charge is 0.384 e. The van der Waals surface area contributed by atoms with Crippen molar-refractivity contribution in [3.05, 3.63) is 20.8 Å². The van der Waals surface area contributed by atoms with Gasteiger partial charge in [0.15, 0.2) is 0 Å². The molecule has 0 aromatic carbocycles. The highest BCUT2D eigenvalue weighted by Gasteiger charge is 2.11. The van der Waals surface area contributed by atoms with E-state index in [0.29, 0.717) is 11.8 Å². The molecule has 1 atom stereocenters. The predicted octanol–water partition coefficient (Wildman–Crippen LogP) is 2.89. The fourth-order valence-corrected chi connectivity index (χ4v) is 3.76. The molecule has 14 heavy (non-hydrogen) atoms. The van der Waals surface area contributed by atoms with Gasteiger partial charge in [-0.3, -0.25) is 0 Å². The van der Waals surface area contributed by atoms with Gasteiger partial charge in [0.1, 0.15) is 0 Å². The molecule has 80 valence electrons. The van der Waals surface area contributed by atoms with Crippen LogP contribution in [0.3, 0.4) is 0 Å². The summed E-state index contributed by atoms with van der Waals surface area (Å²) in [6.45, 7) is 1.47. The van der Waals surface area contributed by atoms with Crippen molar-refractivity contribution >= 4 is 39.0 Å². The van der Waals surface area contributed by atoms with Crippen LogP contribution < -0.4 is 5.73 Å². The summed E-state index contributed by atoms with van der Waals surface area (Å²) in [4.78, 5) is 1.33. The summed E-state index contributed by atoms with van der Waals surface area (Å²) in [5, 5.41) is 2.50. The Balaban J connectivity index is 2.45. The third kappa shape index (κ3) is 3.90. The highest BCUT2D eigenvalue weighted by molar-refractivity contribution is 9.10. The number of nitrogens with two attached hydrogens (primary N) is 1. The maximum atomic E-state index is 5.73. The molecule has 0 amide bonds. The minimum atomic E-state index is 0.404. The second-order valence-electron chi connectivity index (χ2n) is 2.76. The Bertz CT molecular complexity index is 267. The second-order valence-corrected chi connectivity index (χ2v) is 5.92. The SMILES string of the molecule is COCCSC(CN)c1cc(Br)cs1. The molecule has 1 rings (SSSR count). The van der Waals surface area contributed by atoms with Crippen molar-refractivity contribution in [2.24, 2.45) is 5.73 Å². The predicted molar refractivity (Wildman–Crippen MR) is 68.1 cm³/mol. The smallest absolute Gasteiger partial charge is 0.0553 e. The Morgan fingerprint density at radius 3 is 3.00 bits per heavy atom. The van der Waals surface area contributed by atoms with Crippen LogP contribution in [0, 0.1) is 0 Å². The van der Waals surface area contributed by atoms with Crippen LogP contribution >= 0.6 is 39.0 Å². The lowest BCUT2D eigenvalue weighted by Crippen LogP contribution is -2.09. The highest BCUT2D eigenvalue weighted by atomic mass is 79.9. The molecule has 0 aliphatic heterocycles. The van der Waals surface area contributed by atoms with Crippen LogP contribution in [0.1, 0.15) is 10.1 Å². The van der Waals surface area contributed by atoms with E-state index in [1.807, 2.05) is 11.8 Å². The number of ether oxygens (including phenoxy) is 1. The molecule has 0 radical (unpaired) electrons. The lowest BCUT2D eigenvalue weighted by atomic mass is 10.3. The van der Waals surface area contributed by atoms with Crippen LogP contribution in [0.25, 0.3) is 0 Å². The van der Waals surface area contributed by atoms with Gasteiger partial charge in [0.2, 0.25) is 0 Å². The number of rotatable bonds is 6. The maximum Gasteiger partial charge on any atom is 0.0553 e. The summed E-state index contributed by atoms with van der Waals surface area (Å²) in [7, 11) is 1.72. The summed E-state index contributed by atoms with van der Waals surface area (Å²) in [6, 6.07) is 2.14. The van der Waals surface area contributed by atoms with Gasteiger partial charge in [0, 0.05) is 34.1 Å². The van der Waals surface area contributed by atoms with Crippen LogP contribution in [0.15, 0.2) is 15.9 Å². The molecule has 0 bridgehead atoms. The number of thiophene rings is 1. The van der Waals surface area contributed by atoms with E-state index in [0.717, 1.165) is 16.8 Å². The monoisotopic (exact) mass is 295 g/mol. The summed E-state index contributed by atoms with van der Waals surface area (Å²) >= 11 is 7.05. The molecule has 2 nitrogen and oxygen atoms in total. The van der Waals surface area contributed by atoms with Crippen LogP contribution in [-0.4, -0.2) is 26.0 Å². The first-order valence-corrected chi connectivity index (χ1v) is 7.04. The van der Waals surface area contributed by atoms with Crippen LogP contribution in [0.4, 0.5) is 0 Å². The lowest BCUT2D eigenvalue weighted by molar-refractivity contribution is 0.218. The molecule has 1 aromatic heterocycles. The van der Waals surface area contributed by atoms with Crippen molar-refractivity contribution in [2.75, 3.05) is 26.0 Å². The number of thioether (sulfide) groups is 1. The summed E-state index contributed by atoms with van der Waals surface area (Å²) < 4.78 is 6.15. The zero-order valence-electron chi connectivity index (χ0n) is 8.03. The van der Waals surface area contributed by atoms with E-state index >= 15 is 0 Å². The summed E-state index contributed by atoms with van der Waals surface area (Å²) in [6.07, 6.45) is 0. The van der Waals surface area contributed by atoms with Gasteiger partial charge in [0.05, 0.1) is 11.9 Å². The van der Waals surface area contributed by atoms with E-state index in [1.54, 1.807) is 18.4 Å². The third-order valence-corrected chi connectivity index (χ3v) is 4.93. The van der Waals surface area contributed by atoms with Crippen LogP contribution in [0.5, 0.6) is 0 Å². The molecular formula is C9H14BrNOS2. The van der Waals surface area contributed by atoms with E-state index in [4.69, 9.17) is 10.5 Å². The van der Waals surface area contributed by atoms with Crippen molar-refractivity contribution in [1.82, 2.24) is 0 Å². The lowest BCUT2D eigenvalue weighted by Gasteiger charge is -2.11. The molecule has 0 spiro atoms. The molecule has 2 N–H and O–H groups in total. The minimum absolute atomic E-state index is 0.404. The molecule has 1 aromatic rings. The zero-order chi connectivity index (χ0) is 10.4. The van der Waals surface area contributed by atoms with Gasteiger partial charge in [-0.25, -0.2) is 0 Å². The van der Waals surface area contributed by atoms with Gasteiger partial charge in [0.25, 0.3) is 0 Å². The second kappa shape index (κ2) is 6.85. The van der Waals surface area contributed by atoms with E-state index in [-0.39, 0.29) is 0 Å². The molecule has 0 saturated carbocycles. The standard InChI is InChI=1S/C9H14BrNOS2/c1-12-2-3-13-9(5-11)8-4-7(10)6-14-8/h4,6,9H,2-3,5,11H2,1H3. The van der Waals surface area contributed by atoms with Crippen molar-refractivity contribution in [3.63, 3.8) is 0 Å². The number of halogens is 1. The highest BCUT2D eigenvalue weighted by Crippen LogP contribution is 2.33. The fraction of sp³-hybridized carbons (Fsp3) is 0.556. The van der Waals surface area contributed by atoms with Crippen LogP contribution in [-0.2, 0) is 4.74 Å². The normalized spacial score (nSPS) is 13.1. The van der Waals surface area contributed by atoms with Gasteiger partial charge < -0.3 is 10.5 Å². The number of hydrogen-bond acceptors (Lipinski definition) is 4. The van der Waals surface area contributed by atoms with Gasteiger partial charge in [-0.2, -0.15) is 0 Å². The Morgan fingerprint density at radius 2 is 2.50 bits per heavy atom. The van der Waals surface area contributed by atoms with E-state index < -0.39 is 0 Å². The molecular weight excluding hydrogens is 282 g/mol. The summed E-state index contributed by atoms with van der Waals surface area (Å²) in [5.74, 6) is 0.994. The Kier molecular flexibility index (Phi) is 6.12. The van der Waals surface area contributed by atoms with Gasteiger partial charge in [-0.05, 0) is 22.0 Å². The molecule has 0 saturated heterocycles. The molecule has 1 unspecified atom stereocenters. The first-order chi connectivity index (χ1) is 6.77. The molecule has 0 aliphatic carbocycles. The molecule has 0 aliphatic rings. The summed E-state index contributed by atoms with van der Waals surface area (Å²) in [5.41, 5.74) is 5.73. The van der Waals surface area contributed by atoms with Gasteiger partial charge >= 0.3 is 0 Å². The van der Waals surface area contributed by atoms with Crippen LogP contribution in [0.2, 0.25) is 0 Å². The van der Waals surface area contributed by atoms with Crippen molar-refractivity contribution in [1.29, 1.82) is 0 Å². The first kappa shape index (κ1) is 12.5. The average molecular weight is 296 g/mol. The minimum Gasteiger partial charge on any atom is -0.384 e. The zero-order valence-corrected chi connectivity index (χ0v) is 11.3. The average Bonchev–Trinajstić information content (AvgIpc) is 2.60. The van der Waals surface area contributed by atoms with Crippen molar-refractivity contribution in [3.8, 4) is 0 Å². The van der Waals surface area contributed by atoms with Gasteiger partial charge in [-0.15, -0.1) is 23.1 Å². The van der Waals surface area contributed by atoms with E-state index in [9.17, 15) is 0 Å². The van der Waals surface area contributed by atoms with Crippen molar-refractivity contribution in [2.45, 2.75) is 5.25 Å². The Morgan fingerprint density at radius 1 is 1.71 bits per heavy atom. The Labute approximate surface area is 101 Å². The van der Waals surface area contributed by atoms with E-state index in [1.165, 1.54) is 4.88 Å². The third-order valence-electron chi connectivity index (χ3n) is 1.73. The van der Waals surface area contributed by atoms with Gasteiger partial charge in [-0.1, -0.05) is 0 Å². The molecule has 0 fully saturated rings. The fourth-order valence-electron chi connectivity index (χ4n) is 1.04. The quantitative estimate of drug-likeness (QED) is 0.820. The number of methoxy groups -OCH3 is 1. The van der Waals surface area contributed by atoms with Crippen molar-refractivity contribution < 1.29 is 4.74 Å². The Hall–Kier alpha value is 0.450. The molecule has 1 heterocycles. The maximum absolute atomic E-state index is 5.73. The first-order valence-electron chi connectivity index (χ1n) is 4.32. The molecule has 5 heteroatoms.